The van der Waals surface area contributed by atoms with Crippen LogP contribution in [-0.4, -0.2) is 25.5 Å². The van der Waals surface area contributed by atoms with Crippen molar-refractivity contribution in [3.63, 3.8) is 0 Å². The highest BCUT2D eigenvalue weighted by Gasteiger charge is 2.05. The second-order valence-corrected chi connectivity index (χ2v) is 3.24. The third-order valence-corrected chi connectivity index (χ3v) is 1.99. The summed E-state index contributed by atoms with van der Waals surface area (Å²) in [6.45, 7) is 3.77. The van der Waals surface area contributed by atoms with E-state index in [1.165, 1.54) is 0 Å². The maximum Gasteiger partial charge on any atom is 0.344 e. The SMILES string of the molecule is CCOC(=O)COc1ccc(C=O)cc1C. The Morgan fingerprint density at radius 2 is 2.19 bits per heavy atom. The van der Waals surface area contributed by atoms with Crippen molar-refractivity contribution in [2.24, 2.45) is 0 Å². The maximum absolute atomic E-state index is 11.0. The van der Waals surface area contributed by atoms with Crippen molar-refractivity contribution >= 4 is 12.3 Å². The molecular formula is C12H14O4. The molecule has 1 aromatic rings. The largest absolute Gasteiger partial charge is 0.482 e. The van der Waals surface area contributed by atoms with Crippen LogP contribution in [0.5, 0.6) is 5.75 Å². The van der Waals surface area contributed by atoms with Crippen LogP contribution in [-0.2, 0) is 9.53 Å². The molecule has 0 bridgehead atoms. The third kappa shape index (κ3) is 3.38. The van der Waals surface area contributed by atoms with Crippen molar-refractivity contribution in [2.75, 3.05) is 13.2 Å². The highest BCUT2D eigenvalue weighted by molar-refractivity contribution is 5.75. The molecule has 0 N–H and O–H groups in total. The highest BCUT2D eigenvalue weighted by atomic mass is 16.6. The Bertz CT molecular complexity index is 385. The molecule has 1 rings (SSSR count). The van der Waals surface area contributed by atoms with Crippen molar-refractivity contribution in [1.82, 2.24) is 0 Å². The molecule has 0 aliphatic heterocycles. The molecule has 4 heteroatoms. The fourth-order valence-electron chi connectivity index (χ4n) is 1.25. The van der Waals surface area contributed by atoms with Crippen molar-refractivity contribution in [1.29, 1.82) is 0 Å². The van der Waals surface area contributed by atoms with Gasteiger partial charge in [-0.2, -0.15) is 0 Å². The molecule has 16 heavy (non-hydrogen) atoms. The Morgan fingerprint density at radius 1 is 1.44 bits per heavy atom. The lowest BCUT2D eigenvalue weighted by Gasteiger charge is -2.08. The number of carbonyl (C=O) groups excluding carboxylic acids is 2. The van der Waals surface area contributed by atoms with Crippen LogP contribution in [0.15, 0.2) is 18.2 Å². The van der Waals surface area contributed by atoms with Gasteiger partial charge in [-0.3, -0.25) is 4.79 Å². The van der Waals surface area contributed by atoms with E-state index in [9.17, 15) is 9.59 Å². The summed E-state index contributed by atoms with van der Waals surface area (Å²) >= 11 is 0. The van der Waals surface area contributed by atoms with Gasteiger partial charge < -0.3 is 9.47 Å². The molecule has 0 aromatic heterocycles. The predicted octanol–water partition coefficient (Wildman–Crippen LogP) is 1.75. The van der Waals surface area contributed by atoms with Gasteiger partial charge in [0.25, 0.3) is 0 Å². The number of hydrogen-bond donors (Lipinski definition) is 0. The first-order valence-electron chi connectivity index (χ1n) is 5.01. The fraction of sp³-hybridized carbons (Fsp3) is 0.333. The number of rotatable bonds is 5. The van der Waals surface area contributed by atoms with Gasteiger partial charge in [-0.05, 0) is 37.6 Å². The van der Waals surface area contributed by atoms with E-state index in [-0.39, 0.29) is 6.61 Å². The van der Waals surface area contributed by atoms with E-state index >= 15 is 0 Å². The second kappa shape index (κ2) is 5.90. The molecule has 0 aliphatic carbocycles. The summed E-state index contributed by atoms with van der Waals surface area (Å²) in [5.74, 6) is 0.181. The number of hydrogen-bond acceptors (Lipinski definition) is 4. The lowest BCUT2D eigenvalue weighted by molar-refractivity contribution is -0.145. The van der Waals surface area contributed by atoms with E-state index in [4.69, 9.17) is 9.47 Å². The molecule has 86 valence electrons. The summed E-state index contributed by atoms with van der Waals surface area (Å²) in [5, 5.41) is 0. The minimum Gasteiger partial charge on any atom is -0.482 e. The lowest BCUT2D eigenvalue weighted by Crippen LogP contribution is -2.14. The van der Waals surface area contributed by atoms with Crippen LogP contribution in [0.4, 0.5) is 0 Å². The molecular weight excluding hydrogens is 208 g/mol. The van der Waals surface area contributed by atoms with Gasteiger partial charge in [-0.15, -0.1) is 0 Å². The molecule has 1 aromatic carbocycles. The van der Waals surface area contributed by atoms with Crippen molar-refractivity contribution in [3.05, 3.63) is 29.3 Å². The van der Waals surface area contributed by atoms with Gasteiger partial charge in [-0.1, -0.05) is 0 Å². The Balaban J connectivity index is 2.60. The smallest absolute Gasteiger partial charge is 0.344 e. The Hall–Kier alpha value is -1.84. The summed E-state index contributed by atoms with van der Waals surface area (Å²) < 4.78 is 9.99. The van der Waals surface area contributed by atoms with Gasteiger partial charge in [0, 0.05) is 5.56 Å². The molecule has 0 heterocycles. The summed E-state index contributed by atoms with van der Waals surface area (Å²) in [7, 11) is 0. The first-order chi connectivity index (χ1) is 7.67. The lowest BCUT2D eigenvalue weighted by atomic mass is 10.1. The predicted molar refractivity (Wildman–Crippen MR) is 58.7 cm³/mol. The van der Waals surface area contributed by atoms with Gasteiger partial charge in [0.2, 0.25) is 0 Å². The van der Waals surface area contributed by atoms with Gasteiger partial charge >= 0.3 is 5.97 Å². The maximum atomic E-state index is 11.0. The van der Waals surface area contributed by atoms with Crippen molar-refractivity contribution in [2.45, 2.75) is 13.8 Å². The number of esters is 1. The van der Waals surface area contributed by atoms with E-state index in [1.54, 1.807) is 25.1 Å². The Labute approximate surface area is 94.2 Å². The number of aryl methyl sites for hydroxylation is 1. The molecule has 0 unspecified atom stereocenters. The molecule has 0 saturated heterocycles. The van der Waals surface area contributed by atoms with Crippen LogP contribution in [0.25, 0.3) is 0 Å². The molecule has 0 saturated carbocycles. The molecule has 0 amide bonds. The molecule has 0 spiro atoms. The number of carbonyl (C=O) groups is 2. The minimum absolute atomic E-state index is 0.116. The van der Waals surface area contributed by atoms with E-state index in [1.807, 2.05) is 6.92 Å². The highest BCUT2D eigenvalue weighted by Crippen LogP contribution is 2.18. The number of aldehydes is 1. The van der Waals surface area contributed by atoms with Gasteiger partial charge in [0.05, 0.1) is 6.61 Å². The summed E-state index contributed by atoms with van der Waals surface area (Å²) in [4.78, 5) is 21.6. The second-order valence-electron chi connectivity index (χ2n) is 3.24. The van der Waals surface area contributed by atoms with E-state index in [2.05, 4.69) is 0 Å². The van der Waals surface area contributed by atoms with Crippen LogP contribution < -0.4 is 4.74 Å². The van der Waals surface area contributed by atoms with Gasteiger partial charge in [0.1, 0.15) is 12.0 Å². The van der Waals surface area contributed by atoms with Crippen LogP contribution in [0, 0.1) is 6.92 Å². The average molecular weight is 222 g/mol. The van der Waals surface area contributed by atoms with Crippen LogP contribution in [0.3, 0.4) is 0 Å². The normalized spacial score (nSPS) is 9.62. The molecule has 0 fully saturated rings. The molecule has 0 atom stereocenters. The monoisotopic (exact) mass is 222 g/mol. The quantitative estimate of drug-likeness (QED) is 0.562. The Kier molecular flexibility index (Phi) is 4.51. The summed E-state index contributed by atoms with van der Waals surface area (Å²) in [5.41, 5.74) is 1.40. The summed E-state index contributed by atoms with van der Waals surface area (Å²) in [6, 6.07) is 5.01. The average Bonchev–Trinajstić information content (AvgIpc) is 2.27. The Morgan fingerprint density at radius 3 is 2.75 bits per heavy atom. The zero-order valence-corrected chi connectivity index (χ0v) is 9.36. The van der Waals surface area contributed by atoms with E-state index in [0.29, 0.717) is 17.9 Å². The van der Waals surface area contributed by atoms with Crippen molar-refractivity contribution < 1.29 is 19.1 Å². The van der Waals surface area contributed by atoms with Gasteiger partial charge in [0.15, 0.2) is 6.61 Å². The number of ether oxygens (including phenoxy) is 2. The van der Waals surface area contributed by atoms with Crippen molar-refractivity contribution in [3.8, 4) is 5.75 Å². The van der Waals surface area contributed by atoms with Crippen LogP contribution >= 0.6 is 0 Å². The van der Waals surface area contributed by atoms with E-state index in [0.717, 1.165) is 11.8 Å². The zero-order valence-electron chi connectivity index (χ0n) is 9.36. The van der Waals surface area contributed by atoms with Gasteiger partial charge in [-0.25, -0.2) is 4.79 Å². The van der Waals surface area contributed by atoms with Crippen LogP contribution in [0.1, 0.15) is 22.8 Å². The minimum atomic E-state index is -0.402. The van der Waals surface area contributed by atoms with Crippen LogP contribution in [0.2, 0.25) is 0 Å². The fourth-order valence-corrected chi connectivity index (χ4v) is 1.25. The molecule has 0 radical (unpaired) electrons. The first-order valence-corrected chi connectivity index (χ1v) is 5.01. The standard InChI is InChI=1S/C12H14O4/c1-3-15-12(14)8-16-11-5-4-10(7-13)6-9(11)2/h4-7H,3,8H2,1-2H3. The molecule has 4 nitrogen and oxygen atoms in total. The third-order valence-electron chi connectivity index (χ3n) is 1.99. The zero-order chi connectivity index (χ0) is 12.0. The van der Waals surface area contributed by atoms with E-state index < -0.39 is 5.97 Å². The topological polar surface area (TPSA) is 52.6 Å². The molecule has 0 aliphatic rings. The first kappa shape index (κ1) is 12.2. The summed E-state index contributed by atoms with van der Waals surface area (Å²) in [6.07, 6.45) is 0.766. The number of benzene rings is 1.